The summed E-state index contributed by atoms with van der Waals surface area (Å²) in [5.41, 5.74) is 2.16. The van der Waals surface area contributed by atoms with Crippen molar-refractivity contribution in [1.29, 1.82) is 0 Å². The second-order valence-corrected chi connectivity index (χ2v) is 4.16. The maximum Gasteiger partial charge on any atom is 0.0767 e. The average Bonchev–Trinajstić information content (AvgIpc) is 2.28. The highest BCUT2D eigenvalue weighted by molar-refractivity contribution is 5.68. The van der Waals surface area contributed by atoms with Crippen LogP contribution in [0.2, 0.25) is 0 Å². The minimum Gasteiger partial charge on any atom is -0.380 e. The van der Waals surface area contributed by atoms with Crippen LogP contribution in [0.1, 0.15) is 13.8 Å². The fraction of sp³-hybridized carbons (Fsp3) is 0.583. The van der Waals surface area contributed by atoms with Crippen LogP contribution in [0, 0.1) is 0 Å². The van der Waals surface area contributed by atoms with Crippen LogP contribution < -0.4 is 10.2 Å². The normalized spacial score (nSPS) is 14.3. The van der Waals surface area contributed by atoms with Gasteiger partial charge in [0.2, 0.25) is 0 Å². The molecule has 0 spiro atoms. The molecule has 0 saturated heterocycles. The lowest BCUT2D eigenvalue weighted by Crippen LogP contribution is -2.30. The Morgan fingerprint density at radius 1 is 1.38 bits per heavy atom. The van der Waals surface area contributed by atoms with Crippen molar-refractivity contribution in [2.75, 3.05) is 31.4 Å². The first-order chi connectivity index (χ1) is 7.56. The van der Waals surface area contributed by atoms with Crippen LogP contribution in [0.15, 0.2) is 18.5 Å². The van der Waals surface area contributed by atoms with Crippen molar-refractivity contribution in [2.24, 2.45) is 0 Å². The molecule has 0 amide bonds. The van der Waals surface area contributed by atoms with Gasteiger partial charge in [-0.05, 0) is 19.9 Å². The van der Waals surface area contributed by atoms with Gasteiger partial charge in [0, 0.05) is 33.4 Å². The Labute approximate surface area is 97.6 Å². The molecule has 4 nitrogen and oxygen atoms in total. The molecule has 1 N–H and O–H groups in total. The molecule has 1 heterocycles. The summed E-state index contributed by atoms with van der Waals surface area (Å²) >= 11 is 0. The molecule has 1 aromatic rings. The Bertz CT molecular complexity index is 328. The van der Waals surface area contributed by atoms with Gasteiger partial charge >= 0.3 is 0 Å². The molecule has 0 saturated carbocycles. The maximum absolute atomic E-state index is 5.29. The van der Waals surface area contributed by atoms with Gasteiger partial charge in [-0.3, -0.25) is 4.98 Å². The summed E-state index contributed by atoms with van der Waals surface area (Å²) in [6.07, 6.45) is 3.80. The van der Waals surface area contributed by atoms with Crippen LogP contribution in [0.25, 0.3) is 0 Å². The molecule has 0 aromatic carbocycles. The largest absolute Gasteiger partial charge is 0.380 e. The molecule has 0 bridgehead atoms. The molecule has 0 aliphatic carbocycles. The second kappa shape index (κ2) is 5.70. The van der Waals surface area contributed by atoms with Gasteiger partial charge in [0.1, 0.15) is 0 Å². The Kier molecular flexibility index (Phi) is 4.55. The highest BCUT2D eigenvalue weighted by Crippen LogP contribution is 2.23. The monoisotopic (exact) mass is 223 g/mol. The van der Waals surface area contributed by atoms with Crippen LogP contribution in [-0.4, -0.2) is 38.3 Å². The third-order valence-corrected chi connectivity index (χ3v) is 2.74. The molecule has 1 aromatic heterocycles. The third kappa shape index (κ3) is 3.10. The topological polar surface area (TPSA) is 37.4 Å². The smallest absolute Gasteiger partial charge is 0.0767 e. The van der Waals surface area contributed by atoms with E-state index < -0.39 is 0 Å². The highest BCUT2D eigenvalue weighted by atomic mass is 16.5. The number of hydrogen-bond acceptors (Lipinski definition) is 4. The van der Waals surface area contributed by atoms with Crippen LogP contribution >= 0.6 is 0 Å². The van der Waals surface area contributed by atoms with Gasteiger partial charge in [0.25, 0.3) is 0 Å². The zero-order chi connectivity index (χ0) is 12.1. The average molecular weight is 223 g/mol. The Hall–Kier alpha value is -1.29. The highest BCUT2D eigenvalue weighted by Gasteiger charge is 2.13. The summed E-state index contributed by atoms with van der Waals surface area (Å²) in [5.74, 6) is 0. The van der Waals surface area contributed by atoms with E-state index in [1.165, 1.54) is 0 Å². The fourth-order valence-electron chi connectivity index (χ4n) is 1.46. The molecule has 0 radical (unpaired) electrons. The summed E-state index contributed by atoms with van der Waals surface area (Å²) in [6, 6.07) is 2.24. The van der Waals surface area contributed by atoms with Crippen LogP contribution in [0.5, 0.6) is 0 Å². The van der Waals surface area contributed by atoms with E-state index >= 15 is 0 Å². The number of hydrogen-bond donors (Lipinski definition) is 1. The molecular formula is C12H21N3O. The Morgan fingerprint density at radius 3 is 2.62 bits per heavy atom. The van der Waals surface area contributed by atoms with Crippen molar-refractivity contribution in [1.82, 2.24) is 4.98 Å². The number of aromatic nitrogens is 1. The Morgan fingerprint density at radius 2 is 2.06 bits per heavy atom. The Balaban J connectivity index is 2.80. The second-order valence-electron chi connectivity index (χ2n) is 4.16. The number of methoxy groups -OCH3 is 1. The molecule has 0 aliphatic heterocycles. The van der Waals surface area contributed by atoms with E-state index in [9.17, 15) is 0 Å². The summed E-state index contributed by atoms with van der Waals surface area (Å²) in [6.45, 7) is 4.14. The van der Waals surface area contributed by atoms with E-state index in [2.05, 4.69) is 22.1 Å². The first-order valence-electron chi connectivity index (χ1n) is 5.47. The number of ether oxygens (including phenoxy) is 1. The van der Waals surface area contributed by atoms with Crippen LogP contribution in [-0.2, 0) is 4.74 Å². The lowest BCUT2D eigenvalue weighted by atomic mass is 10.2. The van der Waals surface area contributed by atoms with E-state index in [0.29, 0.717) is 0 Å². The number of nitrogens with one attached hydrogen (secondary N) is 1. The first-order valence-corrected chi connectivity index (χ1v) is 5.47. The van der Waals surface area contributed by atoms with Gasteiger partial charge < -0.3 is 15.0 Å². The zero-order valence-electron chi connectivity index (χ0n) is 10.7. The van der Waals surface area contributed by atoms with Crippen molar-refractivity contribution in [3.63, 3.8) is 0 Å². The predicted molar refractivity (Wildman–Crippen MR) is 68.1 cm³/mol. The third-order valence-electron chi connectivity index (χ3n) is 2.74. The molecule has 90 valence electrons. The van der Waals surface area contributed by atoms with Gasteiger partial charge in [0.05, 0.1) is 23.7 Å². The van der Waals surface area contributed by atoms with Gasteiger partial charge in [0.15, 0.2) is 0 Å². The lowest BCUT2D eigenvalue weighted by molar-refractivity contribution is 0.106. The van der Waals surface area contributed by atoms with Crippen LogP contribution in [0.3, 0.4) is 0 Å². The van der Waals surface area contributed by atoms with Crippen molar-refractivity contribution in [3.8, 4) is 0 Å². The first kappa shape index (κ1) is 12.8. The van der Waals surface area contributed by atoms with Crippen LogP contribution in [0.4, 0.5) is 11.4 Å². The van der Waals surface area contributed by atoms with E-state index in [4.69, 9.17) is 4.74 Å². The van der Waals surface area contributed by atoms with Gasteiger partial charge in [-0.15, -0.1) is 0 Å². The van der Waals surface area contributed by atoms with E-state index in [1.54, 1.807) is 13.3 Å². The number of pyridine rings is 1. The summed E-state index contributed by atoms with van der Waals surface area (Å²) in [7, 11) is 5.76. The molecule has 4 heteroatoms. The number of rotatable bonds is 5. The molecule has 0 aliphatic rings. The van der Waals surface area contributed by atoms with Crippen molar-refractivity contribution < 1.29 is 4.74 Å². The van der Waals surface area contributed by atoms with E-state index in [-0.39, 0.29) is 12.1 Å². The number of anilines is 2. The summed E-state index contributed by atoms with van der Waals surface area (Å²) in [5, 5.41) is 3.41. The van der Waals surface area contributed by atoms with Crippen molar-refractivity contribution >= 4 is 11.4 Å². The number of nitrogens with zero attached hydrogens (tertiary/aromatic N) is 2. The maximum atomic E-state index is 5.29. The van der Waals surface area contributed by atoms with Gasteiger partial charge in [-0.25, -0.2) is 0 Å². The summed E-state index contributed by atoms with van der Waals surface area (Å²) in [4.78, 5) is 6.20. The SMILES string of the molecule is COC(C)C(C)Nc1cnccc1N(C)C. The van der Waals surface area contributed by atoms with Gasteiger partial charge in [-0.2, -0.15) is 0 Å². The van der Waals surface area contributed by atoms with Crippen molar-refractivity contribution in [3.05, 3.63) is 18.5 Å². The fourth-order valence-corrected chi connectivity index (χ4v) is 1.46. The van der Waals surface area contributed by atoms with E-state index in [1.807, 2.05) is 33.3 Å². The minimum atomic E-state index is 0.162. The molecule has 16 heavy (non-hydrogen) atoms. The minimum absolute atomic E-state index is 0.162. The molecule has 2 atom stereocenters. The zero-order valence-corrected chi connectivity index (χ0v) is 10.7. The molecule has 0 fully saturated rings. The van der Waals surface area contributed by atoms with E-state index in [0.717, 1.165) is 11.4 Å². The molecule has 2 unspecified atom stereocenters. The quantitative estimate of drug-likeness (QED) is 0.828. The summed E-state index contributed by atoms with van der Waals surface area (Å²) < 4.78 is 5.29. The predicted octanol–water partition coefficient (Wildman–Crippen LogP) is 1.98. The van der Waals surface area contributed by atoms with Crippen molar-refractivity contribution in [2.45, 2.75) is 26.0 Å². The van der Waals surface area contributed by atoms with Gasteiger partial charge in [-0.1, -0.05) is 0 Å². The molecule has 1 rings (SSSR count). The molecular weight excluding hydrogens is 202 g/mol. The standard InChI is InChI=1S/C12H21N3O/c1-9(10(2)16-5)14-11-8-13-7-6-12(11)15(3)4/h6-10,14H,1-5H3. The lowest BCUT2D eigenvalue weighted by Gasteiger charge is -2.24.